The Balaban J connectivity index is 1.59. The standard InChI is InChI=1S/C23H24N2O3/c1-2-13-23(19-9-4-3-5-10-19)21(27)25(22(28)24-23)15-20(26)18-12-11-16-7-6-8-17(16)14-18/h3-5,9-12,14H,2,6-8,13,15H2,1H3,(H,24,28). The molecule has 1 aliphatic carbocycles. The summed E-state index contributed by atoms with van der Waals surface area (Å²) in [5.74, 6) is -0.557. The second-order valence-corrected chi connectivity index (χ2v) is 7.60. The predicted octanol–water partition coefficient (Wildman–Crippen LogP) is 3.61. The van der Waals surface area contributed by atoms with Gasteiger partial charge in [0.25, 0.3) is 5.91 Å². The summed E-state index contributed by atoms with van der Waals surface area (Å²) in [4.78, 5) is 39.8. The van der Waals surface area contributed by atoms with Crippen molar-refractivity contribution in [2.75, 3.05) is 6.54 Å². The molecule has 0 aromatic heterocycles. The number of nitrogens with zero attached hydrogens (tertiary/aromatic N) is 1. The highest BCUT2D eigenvalue weighted by atomic mass is 16.2. The van der Waals surface area contributed by atoms with Crippen molar-refractivity contribution in [1.29, 1.82) is 0 Å². The number of ketones is 1. The van der Waals surface area contributed by atoms with Gasteiger partial charge >= 0.3 is 6.03 Å². The Labute approximate surface area is 164 Å². The second-order valence-electron chi connectivity index (χ2n) is 7.60. The molecular formula is C23H24N2O3. The number of carbonyl (C=O) groups is 3. The van der Waals surface area contributed by atoms with Gasteiger partial charge in [-0.15, -0.1) is 0 Å². The van der Waals surface area contributed by atoms with Gasteiger partial charge in [-0.25, -0.2) is 4.79 Å². The first-order chi connectivity index (χ1) is 13.5. The van der Waals surface area contributed by atoms with E-state index in [-0.39, 0.29) is 18.2 Å². The molecule has 4 rings (SSSR count). The lowest BCUT2D eigenvalue weighted by molar-refractivity contribution is -0.131. The average molecular weight is 376 g/mol. The molecule has 1 saturated heterocycles. The van der Waals surface area contributed by atoms with E-state index in [0.29, 0.717) is 12.0 Å². The predicted molar refractivity (Wildman–Crippen MR) is 106 cm³/mol. The Morgan fingerprint density at radius 3 is 2.57 bits per heavy atom. The number of benzene rings is 2. The van der Waals surface area contributed by atoms with E-state index in [0.717, 1.165) is 36.1 Å². The van der Waals surface area contributed by atoms with E-state index in [2.05, 4.69) is 5.32 Å². The fourth-order valence-electron chi connectivity index (χ4n) is 4.36. The molecule has 3 amide bonds. The summed E-state index contributed by atoms with van der Waals surface area (Å²) in [6.45, 7) is 1.74. The van der Waals surface area contributed by atoms with Crippen LogP contribution < -0.4 is 5.32 Å². The maximum atomic E-state index is 13.3. The van der Waals surface area contributed by atoms with Gasteiger partial charge in [0.05, 0.1) is 6.54 Å². The number of Topliss-reactive ketones (excluding diaryl/α,β-unsaturated/α-hetero) is 1. The van der Waals surface area contributed by atoms with E-state index in [4.69, 9.17) is 0 Å². The van der Waals surface area contributed by atoms with Gasteiger partial charge in [-0.3, -0.25) is 14.5 Å². The molecule has 1 N–H and O–H groups in total. The van der Waals surface area contributed by atoms with Crippen LogP contribution in [0.15, 0.2) is 48.5 Å². The number of hydrogen-bond donors (Lipinski definition) is 1. The van der Waals surface area contributed by atoms with Crippen LogP contribution >= 0.6 is 0 Å². The molecule has 1 heterocycles. The molecule has 1 aliphatic heterocycles. The van der Waals surface area contributed by atoms with Crippen LogP contribution in [0, 0.1) is 0 Å². The van der Waals surface area contributed by atoms with Crippen molar-refractivity contribution >= 4 is 17.7 Å². The van der Waals surface area contributed by atoms with Gasteiger partial charge in [0.15, 0.2) is 5.78 Å². The van der Waals surface area contributed by atoms with E-state index in [1.54, 1.807) is 6.07 Å². The van der Waals surface area contributed by atoms with Crippen molar-refractivity contribution in [3.63, 3.8) is 0 Å². The fourth-order valence-corrected chi connectivity index (χ4v) is 4.36. The third kappa shape index (κ3) is 3.01. The number of rotatable bonds is 6. The van der Waals surface area contributed by atoms with Crippen LogP contribution in [0.4, 0.5) is 4.79 Å². The lowest BCUT2D eigenvalue weighted by Gasteiger charge is -2.26. The van der Waals surface area contributed by atoms with Crippen LogP contribution in [0.25, 0.3) is 0 Å². The minimum absolute atomic E-state index is 0.210. The summed E-state index contributed by atoms with van der Waals surface area (Å²) in [7, 11) is 0. The molecule has 5 heteroatoms. The minimum Gasteiger partial charge on any atom is -0.319 e. The first-order valence-electron chi connectivity index (χ1n) is 9.90. The molecule has 2 aromatic rings. The zero-order valence-electron chi connectivity index (χ0n) is 16.0. The summed E-state index contributed by atoms with van der Waals surface area (Å²) in [5, 5.41) is 2.87. The largest absolute Gasteiger partial charge is 0.325 e. The highest BCUT2D eigenvalue weighted by Gasteiger charge is 2.52. The minimum atomic E-state index is -1.09. The van der Waals surface area contributed by atoms with Crippen molar-refractivity contribution < 1.29 is 14.4 Å². The average Bonchev–Trinajstić information content (AvgIpc) is 3.27. The fraction of sp³-hybridized carbons (Fsp3) is 0.348. The maximum absolute atomic E-state index is 13.3. The summed E-state index contributed by atoms with van der Waals surface area (Å²) >= 11 is 0. The molecule has 1 fully saturated rings. The highest BCUT2D eigenvalue weighted by molar-refractivity contribution is 6.11. The second kappa shape index (κ2) is 7.23. The van der Waals surface area contributed by atoms with E-state index < -0.39 is 11.6 Å². The van der Waals surface area contributed by atoms with Crippen LogP contribution in [0.5, 0.6) is 0 Å². The first kappa shape index (κ1) is 18.4. The molecule has 0 radical (unpaired) electrons. The molecule has 0 bridgehead atoms. The number of amides is 3. The Hall–Kier alpha value is -2.95. The van der Waals surface area contributed by atoms with Gasteiger partial charge in [0.1, 0.15) is 5.54 Å². The maximum Gasteiger partial charge on any atom is 0.325 e. The van der Waals surface area contributed by atoms with Crippen LogP contribution in [0.3, 0.4) is 0 Å². The van der Waals surface area contributed by atoms with E-state index >= 15 is 0 Å². The number of urea groups is 1. The highest BCUT2D eigenvalue weighted by Crippen LogP contribution is 2.33. The molecular weight excluding hydrogens is 352 g/mol. The molecule has 28 heavy (non-hydrogen) atoms. The zero-order chi connectivity index (χ0) is 19.7. The Morgan fingerprint density at radius 2 is 1.82 bits per heavy atom. The lowest BCUT2D eigenvalue weighted by Crippen LogP contribution is -2.44. The van der Waals surface area contributed by atoms with Crippen molar-refractivity contribution in [2.45, 2.75) is 44.6 Å². The molecule has 2 aromatic carbocycles. The van der Waals surface area contributed by atoms with Gasteiger partial charge in [0, 0.05) is 5.56 Å². The van der Waals surface area contributed by atoms with E-state index in [9.17, 15) is 14.4 Å². The number of aryl methyl sites for hydroxylation is 2. The Bertz CT molecular complexity index is 938. The first-order valence-corrected chi connectivity index (χ1v) is 9.90. The van der Waals surface area contributed by atoms with Gasteiger partial charge < -0.3 is 5.32 Å². The number of imide groups is 1. The summed E-state index contributed by atoms with van der Waals surface area (Å²) in [5.41, 5.74) is 2.72. The van der Waals surface area contributed by atoms with Crippen LogP contribution in [-0.2, 0) is 23.2 Å². The summed E-state index contributed by atoms with van der Waals surface area (Å²) in [6, 6.07) is 14.5. The topological polar surface area (TPSA) is 66.5 Å². The third-order valence-corrected chi connectivity index (χ3v) is 5.79. The van der Waals surface area contributed by atoms with Crippen molar-refractivity contribution in [2.24, 2.45) is 0 Å². The van der Waals surface area contributed by atoms with Crippen LogP contribution in [0.1, 0.15) is 53.2 Å². The van der Waals surface area contributed by atoms with Crippen molar-refractivity contribution in [3.05, 3.63) is 70.8 Å². The Kier molecular flexibility index (Phi) is 4.75. The quantitative estimate of drug-likeness (QED) is 0.619. The normalized spacial score (nSPS) is 21.0. The number of carbonyl (C=O) groups excluding carboxylic acids is 3. The van der Waals surface area contributed by atoms with Crippen LogP contribution in [-0.4, -0.2) is 29.2 Å². The molecule has 1 unspecified atom stereocenters. The van der Waals surface area contributed by atoms with Gasteiger partial charge in [0.2, 0.25) is 0 Å². The molecule has 0 saturated carbocycles. The van der Waals surface area contributed by atoms with Gasteiger partial charge in [-0.2, -0.15) is 0 Å². The molecule has 144 valence electrons. The number of hydrogen-bond acceptors (Lipinski definition) is 3. The summed E-state index contributed by atoms with van der Waals surface area (Å²) in [6.07, 6.45) is 4.36. The molecule has 0 spiro atoms. The summed E-state index contributed by atoms with van der Waals surface area (Å²) < 4.78 is 0. The number of fused-ring (bicyclic) bond motifs is 1. The smallest absolute Gasteiger partial charge is 0.319 e. The molecule has 5 nitrogen and oxygen atoms in total. The van der Waals surface area contributed by atoms with Crippen LogP contribution in [0.2, 0.25) is 0 Å². The number of nitrogens with one attached hydrogen (secondary N) is 1. The van der Waals surface area contributed by atoms with E-state index in [1.807, 2.05) is 49.4 Å². The SMILES string of the molecule is CCCC1(c2ccccc2)NC(=O)N(CC(=O)c2ccc3c(c2)CCC3)C1=O. The zero-order valence-corrected chi connectivity index (χ0v) is 16.0. The Morgan fingerprint density at radius 1 is 1.07 bits per heavy atom. The lowest BCUT2D eigenvalue weighted by atomic mass is 9.85. The monoisotopic (exact) mass is 376 g/mol. The third-order valence-electron chi connectivity index (χ3n) is 5.79. The molecule has 2 aliphatic rings. The molecule has 1 atom stereocenters. The van der Waals surface area contributed by atoms with E-state index in [1.165, 1.54) is 11.1 Å². The van der Waals surface area contributed by atoms with Gasteiger partial charge in [-0.05, 0) is 48.4 Å². The van der Waals surface area contributed by atoms with Gasteiger partial charge in [-0.1, -0.05) is 55.8 Å². The van der Waals surface area contributed by atoms with Crippen molar-refractivity contribution in [3.8, 4) is 0 Å². The van der Waals surface area contributed by atoms with Crippen molar-refractivity contribution in [1.82, 2.24) is 10.2 Å².